The molecule has 1 aromatic heterocycles. The number of hydrogen-bond donors (Lipinski definition) is 0. The standard InChI is InChI=1S/C7H4ClF3N2O2/c8-2-3-1-4(13(14)15)12-7(11)5(3)6(9)10/h1,6H,2H2. The molecule has 1 rings (SSSR count). The van der Waals surface area contributed by atoms with Crippen LogP contribution in [-0.2, 0) is 5.88 Å². The largest absolute Gasteiger partial charge is 0.367 e. The molecule has 15 heavy (non-hydrogen) atoms. The lowest BCUT2D eigenvalue weighted by atomic mass is 10.1. The van der Waals surface area contributed by atoms with Crippen molar-refractivity contribution < 1.29 is 18.1 Å². The van der Waals surface area contributed by atoms with Crippen LogP contribution in [0.5, 0.6) is 0 Å². The van der Waals surface area contributed by atoms with Crippen molar-refractivity contribution in [3.05, 3.63) is 33.3 Å². The number of hydrogen-bond acceptors (Lipinski definition) is 3. The molecule has 0 N–H and O–H groups in total. The van der Waals surface area contributed by atoms with Crippen molar-refractivity contribution in [3.8, 4) is 0 Å². The van der Waals surface area contributed by atoms with Gasteiger partial charge in [0.1, 0.15) is 5.56 Å². The minimum Gasteiger partial charge on any atom is -0.358 e. The van der Waals surface area contributed by atoms with E-state index in [9.17, 15) is 23.3 Å². The molecule has 0 saturated carbocycles. The summed E-state index contributed by atoms with van der Waals surface area (Å²) in [5.74, 6) is -2.85. The third kappa shape index (κ3) is 2.35. The molecule has 1 aromatic rings. The molecule has 0 amide bonds. The number of nitrogens with zero attached hydrogens (tertiary/aromatic N) is 2. The van der Waals surface area contributed by atoms with Crippen molar-refractivity contribution in [2.24, 2.45) is 0 Å². The summed E-state index contributed by atoms with van der Waals surface area (Å²) in [5.41, 5.74) is -1.32. The minimum atomic E-state index is -3.10. The second kappa shape index (κ2) is 4.43. The lowest BCUT2D eigenvalue weighted by Crippen LogP contribution is -2.03. The number of pyridine rings is 1. The van der Waals surface area contributed by atoms with Gasteiger partial charge in [0.15, 0.2) is 0 Å². The summed E-state index contributed by atoms with van der Waals surface area (Å²) in [4.78, 5) is 12.1. The van der Waals surface area contributed by atoms with Gasteiger partial charge in [-0.25, -0.2) is 8.78 Å². The second-order valence-electron chi connectivity index (χ2n) is 2.54. The van der Waals surface area contributed by atoms with Crippen molar-refractivity contribution in [3.63, 3.8) is 0 Å². The first-order chi connectivity index (χ1) is 6.97. The highest BCUT2D eigenvalue weighted by molar-refractivity contribution is 6.17. The fourth-order valence-electron chi connectivity index (χ4n) is 0.993. The Hall–Kier alpha value is -1.37. The van der Waals surface area contributed by atoms with E-state index < -0.39 is 34.6 Å². The van der Waals surface area contributed by atoms with Gasteiger partial charge in [-0.2, -0.15) is 4.39 Å². The number of nitro groups is 1. The van der Waals surface area contributed by atoms with E-state index in [2.05, 4.69) is 4.98 Å². The zero-order valence-electron chi connectivity index (χ0n) is 7.08. The Kier molecular flexibility index (Phi) is 3.46. The molecule has 0 saturated heterocycles. The summed E-state index contributed by atoms with van der Waals surface area (Å²) in [6.45, 7) is 0. The lowest BCUT2D eigenvalue weighted by molar-refractivity contribution is -0.390. The van der Waals surface area contributed by atoms with Gasteiger partial charge in [0, 0.05) is 11.9 Å². The Labute approximate surface area is 86.8 Å². The van der Waals surface area contributed by atoms with Crippen LogP contribution in [0.15, 0.2) is 6.07 Å². The summed E-state index contributed by atoms with van der Waals surface area (Å²) >= 11 is 5.27. The molecule has 0 bridgehead atoms. The SMILES string of the molecule is O=[N+]([O-])c1cc(CCl)c(C(F)F)c(F)n1. The number of aromatic nitrogens is 1. The average Bonchev–Trinajstić information content (AvgIpc) is 2.15. The summed E-state index contributed by atoms with van der Waals surface area (Å²) in [6.07, 6.45) is -3.10. The van der Waals surface area contributed by atoms with E-state index in [-0.39, 0.29) is 5.56 Å². The number of rotatable bonds is 3. The highest BCUT2D eigenvalue weighted by atomic mass is 35.5. The molecule has 0 aliphatic rings. The second-order valence-corrected chi connectivity index (χ2v) is 2.80. The molecule has 0 atom stereocenters. The van der Waals surface area contributed by atoms with Gasteiger partial charge >= 0.3 is 11.8 Å². The molecule has 0 radical (unpaired) electrons. The van der Waals surface area contributed by atoms with Crippen LogP contribution < -0.4 is 0 Å². The molecular formula is C7H4ClF3N2O2. The zero-order valence-corrected chi connectivity index (χ0v) is 7.84. The van der Waals surface area contributed by atoms with Gasteiger partial charge in [0.2, 0.25) is 0 Å². The monoisotopic (exact) mass is 240 g/mol. The van der Waals surface area contributed by atoms with Gasteiger partial charge in [-0.1, -0.05) is 0 Å². The molecule has 0 aliphatic carbocycles. The molecule has 0 fully saturated rings. The Balaban J connectivity index is 3.37. The fraction of sp³-hybridized carbons (Fsp3) is 0.286. The van der Waals surface area contributed by atoms with Crippen LogP contribution in [0.3, 0.4) is 0 Å². The maximum atomic E-state index is 13.0. The lowest BCUT2D eigenvalue weighted by Gasteiger charge is -2.04. The van der Waals surface area contributed by atoms with Crippen LogP contribution in [0, 0.1) is 16.1 Å². The molecule has 4 nitrogen and oxygen atoms in total. The highest BCUT2D eigenvalue weighted by Gasteiger charge is 2.26. The summed E-state index contributed by atoms with van der Waals surface area (Å²) in [5, 5.41) is 10.2. The molecule has 0 unspecified atom stereocenters. The first-order valence-electron chi connectivity index (χ1n) is 3.65. The highest BCUT2D eigenvalue weighted by Crippen LogP contribution is 2.28. The van der Waals surface area contributed by atoms with Crippen LogP contribution in [0.25, 0.3) is 0 Å². The van der Waals surface area contributed by atoms with E-state index in [1.807, 2.05) is 0 Å². The Morgan fingerprint density at radius 2 is 2.20 bits per heavy atom. The number of alkyl halides is 3. The van der Waals surface area contributed by atoms with E-state index in [0.717, 1.165) is 6.07 Å². The molecule has 82 valence electrons. The predicted octanol–water partition coefficient (Wildman–Crippen LogP) is 2.81. The maximum absolute atomic E-state index is 13.0. The molecule has 8 heteroatoms. The van der Waals surface area contributed by atoms with Crippen molar-refractivity contribution in [1.82, 2.24) is 4.98 Å². The normalized spacial score (nSPS) is 10.7. The Bertz CT molecular complexity index is 400. The molecule has 0 spiro atoms. The quantitative estimate of drug-likeness (QED) is 0.353. The van der Waals surface area contributed by atoms with Crippen LogP contribution in [0.2, 0.25) is 0 Å². The Morgan fingerprint density at radius 1 is 1.60 bits per heavy atom. The summed E-state index contributed by atoms with van der Waals surface area (Å²) < 4.78 is 37.6. The molecular weight excluding hydrogens is 237 g/mol. The van der Waals surface area contributed by atoms with Crippen LogP contribution in [0.4, 0.5) is 19.0 Å². The van der Waals surface area contributed by atoms with Gasteiger partial charge < -0.3 is 10.1 Å². The van der Waals surface area contributed by atoms with E-state index in [1.54, 1.807) is 0 Å². The van der Waals surface area contributed by atoms with E-state index >= 15 is 0 Å². The topological polar surface area (TPSA) is 56.0 Å². The minimum absolute atomic E-state index is 0.328. The van der Waals surface area contributed by atoms with E-state index in [0.29, 0.717) is 0 Å². The van der Waals surface area contributed by atoms with Crippen molar-refractivity contribution >= 4 is 17.4 Å². The average molecular weight is 241 g/mol. The first-order valence-corrected chi connectivity index (χ1v) is 4.18. The van der Waals surface area contributed by atoms with Gasteiger partial charge in [-0.05, 0) is 15.5 Å². The predicted molar refractivity (Wildman–Crippen MR) is 45.4 cm³/mol. The molecule has 0 aromatic carbocycles. The van der Waals surface area contributed by atoms with Gasteiger partial charge in [-0.3, -0.25) is 0 Å². The van der Waals surface area contributed by atoms with Gasteiger partial charge in [0.25, 0.3) is 6.43 Å². The van der Waals surface area contributed by atoms with Crippen LogP contribution in [-0.4, -0.2) is 9.91 Å². The molecule has 0 aliphatic heterocycles. The summed E-state index contributed by atoms with van der Waals surface area (Å²) in [7, 11) is 0. The summed E-state index contributed by atoms with van der Waals surface area (Å²) in [6, 6.07) is 0.734. The van der Waals surface area contributed by atoms with Gasteiger partial charge in [0.05, 0.1) is 0 Å². The van der Waals surface area contributed by atoms with Crippen molar-refractivity contribution in [1.29, 1.82) is 0 Å². The number of halogens is 4. The smallest absolute Gasteiger partial charge is 0.358 e. The van der Waals surface area contributed by atoms with Gasteiger partial charge in [-0.15, -0.1) is 11.6 Å². The van der Waals surface area contributed by atoms with E-state index in [1.165, 1.54) is 0 Å². The third-order valence-electron chi connectivity index (χ3n) is 1.63. The fourth-order valence-corrected chi connectivity index (χ4v) is 1.21. The van der Waals surface area contributed by atoms with Crippen molar-refractivity contribution in [2.75, 3.05) is 0 Å². The van der Waals surface area contributed by atoms with Crippen LogP contribution in [0.1, 0.15) is 17.6 Å². The Morgan fingerprint density at radius 3 is 2.60 bits per heavy atom. The molecule has 1 heterocycles. The van der Waals surface area contributed by atoms with Crippen LogP contribution >= 0.6 is 11.6 Å². The van der Waals surface area contributed by atoms with Crippen molar-refractivity contribution in [2.45, 2.75) is 12.3 Å². The maximum Gasteiger partial charge on any atom is 0.367 e. The van der Waals surface area contributed by atoms with E-state index in [4.69, 9.17) is 11.6 Å². The first kappa shape index (κ1) is 11.7. The third-order valence-corrected chi connectivity index (χ3v) is 1.92. The zero-order chi connectivity index (χ0) is 11.6.